The van der Waals surface area contributed by atoms with E-state index in [0.717, 1.165) is 26.5 Å². The fourth-order valence-corrected chi connectivity index (χ4v) is 18.4. The van der Waals surface area contributed by atoms with Crippen molar-refractivity contribution in [2.75, 3.05) is 78.0 Å². The number of para-hydroxylation sites is 2. The van der Waals surface area contributed by atoms with Crippen LogP contribution in [-0.4, -0.2) is 328 Å². The first-order valence-corrected chi connectivity index (χ1v) is 47.1. The third-order valence-electron chi connectivity index (χ3n) is 24.8. The van der Waals surface area contributed by atoms with Gasteiger partial charge in [-0.15, -0.1) is 11.8 Å². The van der Waals surface area contributed by atoms with Crippen molar-refractivity contribution in [3.8, 4) is 5.75 Å². The predicted molar refractivity (Wildman–Crippen MR) is 495 cm³/mol. The summed E-state index contributed by atoms with van der Waals surface area (Å²) >= 11 is 0.785. The Hall–Kier alpha value is -12.9. The Morgan fingerprint density at radius 2 is 1.16 bits per heavy atom. The summed E-state index contributed by atoms with van der Waals surface area (Å²) in [4.78, 5) is 270. The second kappa shape index (κ2) is 49.9. The van der Waals surface area contributed by atoms with Gasteiger partial charge in [0.25, 0.3) is 0 Å². The number of carbonyl (C=O) groups excluding carboxylic acids is 16. The van der Waals surface area contributed by atoms with Crippen LogP contribution in [0.3, 0.4) is 0 Å². The van der Waals surface area contributed by atoms with Gasteiger partial charge in [-0.1, -0.05) is 102 Å². The number of aliphatic carboxylic acids is 1. The topological polar surface area (TPSA) is 620 Å². The van der Waals surface area contributed by atoms with Gasteiger partial charge in [0.1, 0.15) is 78.3 Å². The van der Waals surface area contributed by atoms with E-state index in [0.29, 0.717) is 64.2 Å². The maximum absolute atomic E-state index is 15.8. The van der Waals surface area contributed by atoms with Gasteiger partial charge in [0.15, 0.2) is 5.78 Å². The van der Waals surface area contributed by atoms with Gasteiger partial charge < -0.3 is 125 Å². The highest BCUT2D eigenvalue weighted by Crippen LogP contribution is 2.29. The number of carbonyl (C=O) groups is 17. The predicted octanol–water partition coefficient (Wildman–Crippen LogP) is -1.81. The molecular weight excluding hydrogens is 1770 g/mol. The molecule has 7 heterocycles. The van der Waals surface area contributed by atoms with Crippen LogP contribution >= 0.6 is 11.8 Å². The number of Topliss-reactive ketones (excluding diaryl/α,β-unsaturated/α-hetero) is 1. The number of fused-ring (bicyclic) bond motifs is 5. The summed E-state index contributed by atoms with van der Waals surface area (Å²) in [6, 6.07) is 0.0634. The zero-order valence-electron chi connectivity index (χ0n) is 76.7. The molecule has 0 spiro atoms. The number of nitrogens with one attached hydrogen (secondary N) is 13. The van der Waals surface area contributed by atoms with Gasteiger partial charge in [-0.3, -0.25) is 81.5 Å². The Morgan fingerprint density at radius 3 is 1.79 bits per heavy atom. The smallest absolute Gasteiger partial charge is 0.305 e. The summed E-state index contributed by atoms with van der Waals surface area (Å²) in [5.41, 5.74) is 14.5. The van der Waals surface area contributed by atoms with Gasteiger partial charge in [0.05, 0.1) is 55.4 Å². The third kappa shape index (κ3) is 28.4. The van der Waals surface area contributed by atoms with Crippen molar-refractivity contribution in [2.24, 2.45) is 23.3 Å². The molecule has 15 atom stereocenters. The van der Waals surface area contributed by atoms with Crippen LogP contribution in [0.5, 0.6) is 5.75 Å². The number of aromatic nitrogens is 4. The molecule has 4 aliphatic heterocycles. The quantitative estimate of drug-likeness (QED) is 0.0300. The van der Waals surface area contributed by atoms with Gasteiger partial charge in [0, 0.05) is 131 Å². The van der Waals surface area contributed by atoms with Gasteiger partial charge in [0.2, 0.25) is 88.6 Å². The van der Waals surface area contributed by atoms with E-state index < -0.39 is 235 Å². The molecular formula is C92H127N21O21S. The molecule has 6 aromatic rings. The number of hydrogen-bond donors (Lipinski definition) is 19. The second-order valence-corrected chi connectivity index (χ2v) is 36.3. The molecule has 0 radical (unpaired) electrons. The normalized spacial score (nSPS) is 25.4. The molecule has 4 aliphatic rings. The molecule has 10 rings (SSSR count). The van der Waals surface area contributed by atoms with E-state index in [2.05, 4.69) is 73.1 Å². The fraction of sp³-hybridized carbons (Fsp3) is 0.543. The number of ketones is 1. The summed E-state index contributed by atoms with van der Waals surface area (Å²) in [6.07, 6.45) is 3.19. The number of phenolic OH excluding ortho intramolecular Hbond substituents is 1. The second-order valence-electron chi connectivity index (χ2n) is 35.3. The van der Waals surface area contributed by atoms with Crippen LogP contribution < -0.4 is 64.6 Å². The van der Waals surface area contributed by atoms with Crippen LogP contribution in [0.25, 0.3) is 21.8 Å². The SMILES string of the molecule is CCCC[C@H]1C(=O)N(C)[C@@H](CCCC)C(=O)N[C@@H](CCCN)C(=O)N[C@H](C(=O)NCC(N)=O)CSCC(=O)N[C@@H](Cc2ccc(O)cc2)C(=O)N2CCNC[C@H]2C(=O)N[C@@H](CC(=O)O)C(=O)N2CCC[C@H]2C(=O)N[C@@H](Cc2c[nH]cn2)C(=O)N[C@@H](CC(C)C)C(=O)N2C[C@H](O)C[C@H]2C(=O)N[C@@H](Cc2c[nH]c3ccccc23)C(=O)C[C@@H](CO)C(=O)N[C@@H](Cc2c[nH]c3ccccc23)C(=O)N1C. The molecule has 3 aromatic carbocycles. The summed E-state index contributed by atoms with van der Waals surface area (Å²) in [5.74, 6) is -19.1. The molecule has 43 heteroatoms. The maximum Gasteiger partial charge on any atom is 0.305 e. The average molecular weight is 1900 g/mol. The molecule has 21 N–H and O–H groups in total. The van der Waals surface area contributed by atoms with Crippen LogP contribution in [-0.2, 0) is 107 Å². The number of rotatable bonds is 25. The third-order valence-corrected chi connectivity index (χ3v) is 25.8. The summed E-state index contributed by atoms with van der Waals surface area (Å²) in [6.45, 7) is 4.54. The molecule has 732 valence electrons. The number of phenols is 1. The minimum atomic E-state index is -1.90. The number of nitrogens with zero attached hydrogens (tertiary/aromatic N) is 6. The Bertz CT molecular complexity index is 5190. The molecule has 0 aliphatic carbocycles. The summed E-state index contributed by atoms with van der Waals surface area (Å²) in [5, 5.41) is 71.9. The molecule has 3 aromatic heterocycles. The number of aromatic amines is 3. The molecule has 0 saturated carbocycles. The number of amides is 15. The lowest BCUT2D eigenvalue weighted by Gasteiger charge is -2.38. The number of imidazole rings is 1. The summed E-state index contributed by atoms with van der Waals surface area (Å²) in [7, 11) is 2.74. The number of carboxylic acid groups (broad SMARTS) is 1. The number of benzene rings is 3. The van der Waals surface area contributed by atoms with Crippen molar-refractivity contribution in [1.82, 2.24) is 97.6 Å². The number of aromatic hydroxyl groups is 1. The minimum Gasteiger partial charge on any atom is -0.508 e. The Morgan fingerprint density at radius 1 is 0.585 bits per heavy atom. The van der Waals surface area contributed by atoms with Crippen molar-refractivity contribution in [3.63, 3.8) is 0 Å². The number of aliphatic hydroxyl groups is 2. The van der Waals surface area contributed by atoms with Crippen LogP contribution in [0, 0.1) is 11.8 Å². The highest BCUT2D eigenvalue weighted by molar-refractivity contribution is 8.00. The number of carboxylic acids is 1. The number of unbranched alkanes of at least 4 members (excludes halogenated alkanes) is 2. The van der Waals surface area contributed by atoms with Gasteiger partial charge in [-0.05, 0) is 98.4 Å². The monoisotopic (exact) mass is 1890 g/mol. The lowest BCUT2D eigenvalue weighted by Crippen LogP contribution is -2.65. The molecule has 0 bridgehead atoms. The van der Waals surface area contributed by atoms with E-state index in [1.54, 1.807) is 74.8 Å². The number of likely N-dealkylation sites (N-methyl/N-ethyl adjacent to an activating group) is 2. The van der Waals surface area contributed by atoms with Crippen LogP contribution in [0.2, 0.25) is 0 Å². The molecule has 135 heavy (non-hydrogen) atoms. The van der Waals surface area contributed by atoms with E-state index in [1.165, 1.54) is 60.7 Å². The fourth-order valence-electron chi connectivity index (χ4n) is 17.5. The zero-order chi connectivity index (χ0) is 97.9. The first-order chi connectivity index (χ1) is 64.6. The minimum absolute atomic E-state index is 0.00271. The Kier molecular flexibility index (Phi) is 38.5. The van der Waals surface area contributed by atoms with E-state index in [1.807, 2.05) is 13.8 Å². The van der Waals surface area contributed by atoms with E-state index in [9.17, 15) is 54.0 Å². The number of piperazine rings is 1. The number of hydrogen-bond acceptors (Lipinski definition) is 24. The maximum atomic E-state index is 15.8. The number of primary amides is 1. The van der Waals surface area contributed by atoms with Gasteiger partial charge in [-0.25, -0.2) is 4.98 Å². The molecule has 42 nitrogen and oxygen atoms in total. The van der Waals surface area contributed by atoms with Crippen molar-refractivity contribution < 1.29 is 102 Å². The van der Waals surface area contributed by atoms with Crippen molar-refractivity contribution >= 4 is 134 Å². The first kappa shape index (κ1) is 104. The van der Waals surface area contributed by atoms with E-state index in [-0.39, 0.29) is 127 Å². The molecule has 4 fully saturated rings. The van der Waals surface area contributed by atoms with Crippen LogP contribution in [0.15, 0.2) is 97.7 Å². The van der Waals surface area contributed by atoms with Gasteiger partial charge in [-0.2, -0.15) is 0 Å². The van der Waals surface area contributed by atoms with Crippen molar-refractivity contribution in [1.29, 1.82) is 0 Å². The first-order valence-electron chi connectivity index (χ1n) is 45.9. The highest BCUT2D eigenvalue weighted by Gasteiger charge is 2.48. The van der Waals surface area contributed by atoms with Crippen LogP contribution in [0.4, 0.5) is 0 Å². The van der Waals surface area contributed by atoms with E-state index >= 15 is 47.9 Å². The van der Waals surface area contributed by atoms with Gasteiger partial charge >= 0.3 is 5.97 Å². The van der Waals surface area contributed by atoms with Crippen molar-refractivity contribution in [3.05, 3.63) is 120 Å². The highest BCUT2D eigenvalue weighted by atomic mass is 32.2. The molecule has 4 saturated heterocycles. The lowest BCUT2D eigenvalue weighted by atomic mass is 9.93. The lowest BCUT2D eigenvalue weighted by molar-refractivity contribution is -0.149. The molecule has 0 unspecified atom stereocenters. The van der Waals surface area contributed by atoms with E-state index in [4.69, 9.17) is 11.5 Å². The molecule has 15 amide bonds. The Labute approximate surface area is 784 Å². The van der Waals surface area contributed by atoms with Crippen molar-refractivity contribution in [2.45, 2.75) is 228 Å². The Balaban J connectivity index is 1.02. The average Bonchev–Trinajstić information content (AvgIpc) is 1.43. The largest absolute Gasteiger partial charge is 0.508 e. The number of nitrogens with two attached hydrogens (primary N) is 2. The zero-order valence-corrected chi connectivity index (χ0v) is 77.6. The number of thioether (sulfide) groups is 1. The number of H-pyrrole nitrogens is 3. The number of aliphatic hydroxyl groups excluding tert-OH is 2. The standard InChI is InChI=1S/C92H127N21O21S/c1-7-9-22-71-84(126)102-63(21-15-29-93)82(124)108-70(81(123)99-45-77(94)118)48-135-49-78(119)101-67(34-52-25-27-57(115)28-26-52)89(131)112-32-30-95-44-75(112)87(129)107-69(40-79(120)121)90(132)111-31-16-24-72(111)85(127)104-65(38-56-43-96-50-100-56)83(125)106-66(33-51(3)4)91(133)113-46-58(116)39-74(113)86(128)103-64(35-53-41-97-61-19-13-11-17-59(53)61)76(117)37-55(47-114)80(122)105-68(36-54-42-98-62-20-14-12-18-60(54)62)88(130)110(6)73(23-10-8-2)92(134)109(71)5/h11-14,17-20,25-28,41-43,50-51,55,58,63-75,95,97-98,114-116H,7-10,15-16,21-24,29-40,44-49,93H2,1-6H3,(H2,94,118)(H,96,100)(H,99,123)(H,101,119)(H,102,126)(H,103,128)(H,104,127)(H,105,122)(H,106,125)(H,107,129)(H,108,124)(H,120,121)/t55-,58+,63-,64-,65-,66-,67-,68-,69-,70-,71-,72-,73-,74-,75-/m0/s1. The summed E-state index contributed by atoms with van der Waals surface area (Å²) < 4.78 is 0. The van der Waals surface area contributed by atoms with Crippen LogP contribution in [0.1, 0.15) is 140 Å².